The van der Waals surface area contributed by atoms with Crippen LogP contribution in [0.15, 0.2) is 30.4 Å². The predicted molar refractivity (Wildman–Crippen MR) is 65.3 cm³/mol. The zero-order valence-electron chi connectivity index (χ0n) is 9.10. The van der Waals surface area contributed by atoms with Gasteiger partial charge in [-0.15, -0.1) is 11.6 Å². The minimum Gasteiger partial charge on any atom is -0.502 e. The second-order valence-electron chi connectivity index (χ2n) is 4.09. The first-order valence-electron chi connectivity index (χ1n) is 5.38. The van der Waals surface area contributed by atoms with Crippen molar-refractivity contribution in [3.8, 4) is 5.75 Å². The molecule has 0 fully saturated rings. The SMILES string of the molecule is O=[N+]([O-])c1cccc(C2(Cl)C=CCCC2)c1O. The Bertz CT molecular complexity index is 487. The second kappa shape index (κ2) is 4.37. The summed E-state index contributed by atoms with van der Waals surface area (Å²) >= 11 is 6.41. The smallest absolute Gasteiger partial charge is 0.311 e. The summed E-state index contributed by atoms with van der Waals surface area (Å²) in [7, 11) is 0. The Hall–Kier alpha value is -1.55. The molecule has 0 heterocycles. The molecule has 0 amide bonds. The largest absolute Gasteiger partial charge is 0.502 e. The van der Waals surface area contributed by atoms with Crippen LogP contribution in [0.3, 0.4) is 0 Å². The van der Waals surface area contributed by atoms with Crippen LogP contribution in [0.4, 0.5) is 5.69 Å². The third-order valence-corrected chi connectivity index (χ3v) is 3.47. The van der Waals surface area contributed by atoms with E-state index in [-0.39, 0.29) is 11.4 Å². The number of nitro benzene ring substituents is 1. The summed E-state index contributed by atoms with van der Waals surface area (Å²) in [5, 5.41) is 20.7. The van der Waals surface area contributed by atoms with Crippen molar-refractivity contribution in [2.45, 2.75) is 24.1 Å². The Labute approximate surface area is 104 Å². The Kier molecular flexibility index (Phi) is 3.07. The molecule has 0 saturated heterocycles. The zero-order valence-corrected chi connectivity index (χ0v) is 9.85. The normalized spacial score (nSPS) is 23.6. The van der Waals surface area contributed by atoms with Crippen molar-refractivity contribution in [2.75, 3.05) is 0 Å². The lowest BCUT2D eigenvalue weighted by atomic mass is 9.87. The van der Waals surface area contributed by atoms with E-state index in [0.717, 1.165) is 12.8 Å². The molecule has 1 aromatic carbocycles. The van der Waals surface area contributed by atoms with E-state index in [2.05, 4.69) is 0 Å². The number of alkyl halides is 1. The van der Waals surface area contributed by atoms with Crippen molar-refractivity contribution in [1.82, 2.24) is 0 Å². The van der Waals surface area contributed by atoms with Gasteiger partial charge in [-0.25, -0.2) is 0 Å². The standard InChI is InChI=1S/C12H12ClNO3/c13-12(7-2-1-3-8-12)9-5-4-6-10(11(9)15)14(16)17/h2,4-7,15H,1,3,8H2. The van der Waals surface area contributed by atoms with Gasteiger partial charge >= 0.3 is 5.69 Å². The lowest BCUT2D eigenvalue weighted by Crippen LogP contribution is -2.18. The van der Waals surface area contributed by atoms with Crippen LogP contribution in [0.25, 0.3) is 0 Å². The van der Waals surface area contributed by atoms with Gasteiger partial charge in [0.05, 0.1) is 9.80 Å². The maximum atomic E-state index is 10.7. The van der Waals surface area contributed by atoms with E-state index in [0.29, 0.717) is 12.0 Å². The molecule has 1 unspecified atom stereocenters. The minimum absolute atomic E-state index is 0.304. The van der Waals surface area contributed by atoms with Crippen molar-refractivity contribution in [3.05, 3.63) is 46.0 Å². The van der Waals surface area contributed by atoms with Crippen LogP contribution in [-0.2, 0) is 4.87 Å². The summed E-state index contributed by atoms with van der Waals surface area (Å²) in [6.07, 6.45) is 6.26. The number of hydrogen-bond acceptors (Lipinski definition) is 3. The third-order valence-electron chi connectivity index (χ3n) is 2.95. The molecule has 5 heteroatoms. The first-order chi connectivity index (χ1) is 8.04. The molecular weight excluding hydrogens is 242 g/mol. The number of hydrogen-bond donors (Lipinski definition) is 1. The van der Waals surface area contributed by atoms with Gasteiger partial charge in [-0.1, -0.05) is 24.3 Å². The number of rotatable bonds is 2. The molecule has 90 valence electrons. The topological polar surface area (TPSA) is 63.4 Å². The average molecular weight is 254 g/mol. The number of allylic oxidation sites excluding steroid dienone is 2. The van der Waals surface area contributed by atoms with Crippen molar-refractivity contribution < 1.29 is 10.0 Å². The van der Waals surface area contributed by atoms with Crippen LogP contribution >= 0.6 is 11.6 Å². The van der Waals surface area contributed by atoms with Gasteiger partial charge in [0.1, 0.15) is 0 Å². The van der Waals surface area contributed by atoms with Crippen molar-refractivity contribution in [2.24, 2.45) is 0 Å². The molecule has 1 atom stereocenters. The number of nitro groups is 1. The number of para-hydroxylation sites is 1. The van der Waals surface area contributed by atoms with E-state index >= 15 is 0 Å². The number of benzene rings is 1. The lowest BCUT2D eigenvalue weighted by Gasteiger charge is -2.27. The van der Waals surface area contributed by atoms with Crippen LogP contribution in [0, 0.1) is 10.1 Å². The number of nitrogens with zero attached hydrogens (tertiary/aromatic N) is 1. The van der Waals surface area contributed by atoms with E-state index in [4.69, 9.17) is 11.6 Å². The average Bonchev–Trinajstić information content (AvgIpc) is 2.29. The fourth-order valence-corrected chi connectivity index (χ4v) is 2.44. The highest BCUT2D eigenvalue weighted by atomic mass is 35.5. The van der Waals surface area contributed by atoms with Gasteiger partial charge in [0.25, 0.3) is 0 Å². The molecule has 0 saturated carbocycles. The molecular formula is C12H12ClNO3. The molecule has 0 radical (unpaired) electrons. The van der Waals surface area contributed by atoms with Crippen LogP contribution in [-0.4, -0.2) is 10.0 Å². The highest BCUT2D eigenvalue weighted by Crippen LogP contribution is 2.45. The van der Waals surface area contributed by atoms with Crippen molar-refractivity contribution in [3.63, 3.8) is 0 Å². The Balaban J connectivity index is 2.52. The fourth-order valence-electron chi connectivity index (χ4n) is 2.07. The molecule has 0 aromatic heterocycles. The number of halogens is 1. The number of aromatic hydroxyl groups is 1. The van der Waals surface area contributed by atoms with E-state index in [9.17, 15) is 15.2 Å². The molecule has 2 rings (SSSR count). The lowest BCUT2D eigenvalue weighted by molar-refractivity contribution is -0.386. The maximum Gasteiger partial charge on any atom is 0.311 e. The Morgan fingerprint density at radius 3 is 2.82 bits per heavy atom. The molecule has 1 N–H and O–H groups in total. The molecule has 1 aromatic rings. The summed E-state index contributed by atoms with van der Waals surface area (Å²) in [4.78, 5) is 9.31. The van der Waals surface area contributed by atoms with E-state index < -0.39 is 9.80 Å². The van der Waals surface area contributed by atoms with Crippen molar-refractivity contribution >= 4 is 17.3 Å². The number of phenolic OH excluding ortho intramolecular Hbond substituents is 1. The summed E-state index contributed by atoms with van der Waals surface area (Å²) in [5.74, 6) is -0.334. The predicted octanol–water partition coefficient (Wildman–Crippen LogP) is 3.47. The molecule has 1 aliphatic carbocycles. The van der Waals surface area contributed by atoms with Gasteiger partial charge in [0, 0.05) is 11.6 Å². The summed E-state index contributed by atoms with van der Waals surface area (Å²) in [6, 6.07) is 4.44. The highest BCUT2D eigenvalue weighted by Gasteiger charge is 2.33. The summed E-state index contributed by atoms with van der Waals surface area (Å²) in [6.45, 7) is 0. The van der Waals surface area contributed by atoms with Gasteiger partial charge < -0.3 is 5.11 Å². The molecule has 1 aliphatic rings. The van der Waals surface area contributed by atoms with E-state index in [1.807, 2.05) is 6.08 Å². The van der Waals surface area contributed by atoms with Crippen LogP contribution in [0.1, 0.15) is 24.8 Å². The third kappa shape index (κ3) is 2.13. The molecule has 0 aliphatic heterocycles. The minimum atomic E-state index is -0.825. The summed E-state index contributed by atoms with van der Waals surface area (Å²) < 4.78 is 0. The first kappa shape index (κ1) is 11.9. The van der Waals surface area contributed by atoms with Gasteiger partial charge in [-0.05, 0) is 19.3 Å². The van der Waals surface area contributed by atoms with E-state index in [1.165, 1.54) is 6.07 Å². The maximum absolute atomic E-state index is 10.7. The molecule has 0 bridgehead atoms. The first-order valence-corrected chi connectivity index (χ1v) is 5.76. The molecule has 17 heavy (non-hydrogen) atoms. The molecule has 0 spiro atoms. The van der Waals surface area contributed by atoms with Crippen molar-refractivity contribution in [1.29, 1.82) is 0 Å². The number of phenols is 1. The summed E-state index contributed by atoms with van der Waals surface area (Å²) in [5.41, 5.74) is 0.103. The quantitative estimate of drug-likeness (QED) is 0.380. The van der Waals surface area contributed by atoms with Crippen LogP contribution < -0.4 is 0 Å². The fraction of sp³-hybridized carbons (Fsp3) is 0.333. The van der Waals surface area contributed by atoms with Gasteiger partial charge in [0.2, 0.25) is 0 Å². The zero-order chi connectivity index (χ0) is 12.5. The van der Waals surface area contributed by atoms with Crippen LogP contribution in [0.2, 0.25) is 0 Å². The van der Waals surface area contributed by atoms with Gasteiger partial charge in [0.15, 0.2) is 5.75 Å². The Morgan fingerprint density at radius 1 is 1.47 bits per heavy atom. The Morgan fingerprint density at radius 2 is 2.24 bits per heavy atom. The van der Waals surface area contributed by atoms with E-state index in [1.54, 1.807) is 18.2 Å². The second-order valence-corrected chi connectivity index (χ2v) is 4.76. The molecule has 4 nitrogen and oxygen atoms in total. The van der Waals surface area contributed by atoms with Gasteiger partial charge in [-0.3, -0.25) is 10.1 Å². The highest BCUT2D eigenvalue weighted by molar-refractivity contribution is 6.25. The van der Waals surface area contributed by atoms with Gasteiger partial charge in [-0.2, -0.15) is 0 Å². The monoisotopic (exact) mass is 253 g/mol. The van der Waals surface area contributed by atoms with Crippen LogP contribution in [0.5, 0.6) is 5.75 Å².